The molecule has 1 fully saturated rings. The summed E-state index contributed by atoms with van der Waals surface area (Å²) in [5.74, 6) is -0.0785. The molecule has 1 aliphatic rings. The quantitative estimate of drug-likeness (QED) is 0.460. The molecule has 1 unspecified atom stereocenters. The lowest BCUT2D eigenvalue weighted by molar-refractivity contribution is 0.0254. The molecule has 30 heavy (non-hydrogen) atoms. The summed E-state index contributed by atoms with van der Waals surface area (Å²) in [6.45, 7) is 2.83. The first-order valence-electron chi connectivity index (χ1n) is 9.99. The van der Waals surface area contributed by atoms with Gasteiger partial charge in [-0.1, -0.05) is 18.2 Å². The minimum Gasteiger partial charge on any atom is -0.369 e. The number of hydrogen-bond donors (Lipinski definition) is 3. The molecule has 0 aliphatic carbocycles. The standard InChI is InChI=1S/C23H22N4O2S/c28-23(27-12-16-3-2-10-30-16)15-5-6-17-19(13-26-20(17)11-15)18-4-1-7-25-22(18)21-14-24-8-9-29-21/h1-7,10-11,13,21,24,26H,8-9,12,14H2,(H,27,28). The average molecular weight is 419 g/mol. The molecular weight excluding hydrogens is 396 g/mol. The van der Waals surface area contributed by atoms with E-state index in [9.17, 15) is 4.79 Å². The third-order valence-corrected chi connectivity index (χ3v) is 6.18. The lowest BCUT2D eigenvalue weighted by Gasteiger charge is -2.24. The van der Waals surface area contributed by atoms with Crippen LogP contribution in [0.15, 0.2) is 60.2 Å². The number of amides is 1. The van der Waals surface area contributed by atoms with Crippen LogP contribution < -0.4 is 10.6 Å². The predicted molar refractivity (Wildman–Crippen MR) is 119 cm³/mol. The van der Waals surface area contributed by atoms with E-state index in [4.69, 9.17) is 4.74 Å². The van der Waals surface area contributed by atoms with Crippen LogP contribution in [0.1, 0.15) is 27.0 Å². The van der Waals surface area contributed by atoms with Crippen LogP contribution in [0.2, 0.25) is 0 Å². The van der Waals surface area contributed by atoms with Crippen molar-refractivity contribution in [3.05, 3.63) is 76.4 Å². The van der Waals surface area contributed by atoms with Crippen molar-refractivity contribution in [1.29, 1.82) is 0 Å². The fourth-order valence-corrected chi connectivity index (χ4v) is 4.46. The zero-order valence-electron chi connectivity index (χ0n) is 16.4. The average Bonchev–Trinajstić information content (AvgIpc) is 3.47. The molecule has 0 saturated carbocycles. The maximum absolute atomic E-state index is 12.6. The van der Waals surface area contributed by atoms with E-state index in [1.54, 1.807) is 11.3 Å². The number of hydrogen-bond acceptors (Lipinski definition) is 5. The maximum atomic E-state index is 12.6. The maximum Gasteiger partial charge on any atom is 0.251 e. The first-order valence-corrected chi connectivity index (χ1v) is 10.9. The van der Waals surface area contributed by atoms with Crippen molar-refractivity contribution in [2.45, 2.75) is 12.6 Å². The second kappa shape index (κ2) is 8.39. The number of nitrogens with zero attached hydrogens (tertiary/aromatic N) is 1. The normalized spacial score (nSPS) is 16.6. The number of benzene rings is 1. The molecule has 5 rings (SSSR count). The molecule has 1 aliphatic heterocycles. The Morgan fingerprint density at radius 2 is 2.20 bits per heavy atom. The monoisotopic (exact) mass is 418 g/mol. The topological polar surface area (TPSA) is 79.0 Å². The SMILES string of the molecule is O=C(NCc1cccs1)c1ccc2c(-c3cccnc3C3CNCCO3)c[nH]c2c1. The Labute approximate surface area is 178 Å². The first kappa shape index (κ1) is 19.0. The summed E-state index contributed by atoms with van der Waals surface area (Å²) in [5.41, 5.74) is 4.61. The van der Waals surface area contributed by atoms with Gasteiger partial charge in [0.05, 0.1) is 18.8 Å². The van der Waals surface area contributed by atoms with E-state index >= 15 is 0 Å². The predicted octanol–water partition coefficient (Wildman–Crippen LogP) is 3.88. The van der Waals surface area contributed by atoms with Crippen molar-refractivity contribution in [3.8, 4) is 11.1 Å². The Hall–Kier alpha value is -3.00. The molecule has 1 saturated heterocycles. The third-order valence-electron chi connectivity index (χ3n) is 5.31. The number of morpholine rings is 1. The van der Waals surface area contributed by atoms with Gasteiger partial charge < -0.3 is 20.4 Å². The number of carbonyl (C=O) groups excluding carboxylic acids is 1. The van der Waals surface area contributed by atoms with Gasteiger partial charge in [0.25, 0.3) is 5.91 Å². The molecule has 152 valence electrons. The molecular formula is C23H22N4O2S. The van der Waals surface area contributed by atoms with Gasteiger partial charge in [0.2, 0.25) is 0 Å². The minimum atomic E-state index is -0.0785. The van der Waals surface area contributed by atoms with Gasteiger partial charge in [-0.15, -0.1) is 11.3 Å². The van der Waals surface area contributed by atoms with Crippen LogP contribution in [0, 0.1) is 0 Å². The van der Waals surface area contributed by atoms with Crippen molar-refractivity contribution in [3.63, 3.8) is 0 Å². The number of nitrogens with one attached hydrogen (secondary N) is 3. The summed E-state index contributed by atoms with van der Waals surface area (Å²) < 4.78 is 5.94. The smallest absolute Gasteiger partial charge is 0.251 e. The Morgan fingerprint density at radius 1 is 1.23 bits per heavy atom. The molecule has 3 aromatic heterocycles. The summed E-state index contributed by atoms with van der Waals surface area (Å²) in [6.07, 6.45) is 3.72. The highest BCUT2D eigenvalue weighted by Gasteiger charge is 2.22. The molecule has 0 radical (unpaired) electrons. The fraction of sp³-hybridized carbons (Fsp3) is 0.217. The van der Waals surface area contributed by atoms with Gasteiger partial charge in [0, 0.05) is 58.0 Å². The van der Waals surface area contributed by atoms with Gasteiger partial charge in [0.15, 0.2) is 0 Å². The van der Waals surface area contributed by atoms with E-state index in [1.807, 2.05) is 54.2 Å². The number of carbonyl (C=O) groups is 1. The Balaban J connectivity index is 1.43. The second-order valence-electron chi connectivity index (χ2n) is 7.22. The number of rotatable bonds is 5. The lowest BCUT2D eigenvalue weighted by atomic mass is 9.99. The largest absolute Gasteiger partial charge is 0.369 e. The highest BCUT2D eigenvalue weighted by atomic mass is 32.1. The molecule has 4 aromatic rings. The van der Waals surface area contributed by atoms with E-state index in [2.05, 4.69) is 26.7 Å². The molecule has 1 atom stereocenters. The molecule has 0 bridgehead atoms. The van der Waals surface area contributed by atoms with Crippen molar-refractivity contribution in [2.24, 2.45) is 0 Å². The molecule has 0 spiro atoms. The highest BCUT2D eigenvalue weighted by molar-refractivity contribution is 7.09. The Kier molecular flexibility index (Phi) is 5.31. The summed E-state index contributed by atoms with van der Waals surface area (Å²) in [5, 5.41) is 9.42. The van der Waals surface area contributed by atoms with Crippen LogP contribution in [-0.4, -0.2) is 35.6 Å². The molecule has 1 amide bonds. The van der Waals surface area contributed by atoms with E-state index in [-0.39, 0.29) is 12.0 Å². The molecule has 4 heterocycles. The molecule has 3 N–H and O–H groups in total. The van der Waals surface area contributed by atoms with Crippen LogP contribution in [0.3, 0.4) is 0 Å². The van der Waals surface area contributed by atoms with Crippen LogP contribution >= 0.6 is 11.3 Å². The zero-order valence-corrected chi connectivity index (χ0v) is 17.2. The van der Waals surface area contributed by atoms with E-state index in [0.29, 0.717) is 18.7 Å². The Bertz CT molecular complexity index is 1160. The second-order valence-corrected chi connectivity index (χ2v) is 8.26. The van der Waals surface area contributed by atoms with Crippen LogP contribution in [0.4, 0.5) is 0 Å². The van der Waals surface area contributed by atoms with Crippen LogP contribution in [-0.2, 0) is 11.3 Å². The molecule has 7 heteroatoms. The van der Waals surface area contributed by atoms with Gasteiger partial charge in [-0.2, -0.15) is 0 Å². The van der Waals surface area contributed by atoms with Gasteiger partial charge in [-0.05, 0) is 29.6 Å². The number of fused-ring (bicyclic) bond motifs is 1. The number of aromatic nitrogens is 2. The van der Waals surface area contributed by atoms with E-state index in [1.165, 1.54) is 0 Å². The number of aromatic amines is 1. The number of H-pyrrole nitrogens is 1. The zero-order chi connectivity index (χ0) is 20.3. The summed E-state index contributed by atoms with van der Waals surface area (Å²) in [4.78, 5) is 21.6. The van der Waals surface area contributed by atoms with Gasteiger partial charge >= 0.3 is 0 Å². The highest BCUT2D eigenvalue weighted by Crippen LogP contribution is 2.34. The number of thiophene rings is 1. The summed E-state index contributed by atoms with van der Waals surface area (Å²) in [7, 11) is 0. The van der Waals surface area contributed by atoms with E-state index in [0.717, 1.165) is 45.7 Å². The molecule has 1 aromatic carbocycles. The van der Waals surface area contributed by atoms with Gasteiger partial charge in [-0.25, -0.2) is 0 Å². The minimum absolute atomic E-state index is 0.0674. The number of ether oxygens (including phenoxy) is 1. The van der Waals surface area contributed by atoms with Crippen molar-refractivity contribution in [1.82, 2.24) is 20.6 Å². The van der Waals surface area contributed by atoms with Crippen molar-refractivity contribution >= 4 is 28.1 Å². The van der Waals surface area contributed by atoms with Crippen LogP contribution in [0.5, 0.6) is 0 Å². The van der Waals surface area contributed by atoms with Gasteiger partial charge in [0.1, 0.15) is 6.10 Å². The number of pyridine rings is 1. The third kappa shape index (κ3) is 3.75. The lowest BCUT2D eigenvalue weighted by Crippen LogP contribution is -2.34. The summed E-state index contributed by atoms with van der Waals surface area (Å²) >= 11 is 1.64. The van der Waals surface area contributed by atoms with Crippen LogP contribution in [0.25, 0.3) is 22.0 Å². The van der Waals surface area contributed by atoms with Crippen molar-refractivity contribution < 1.29 is 9.53 Å². The van der Waals surface area contributed by atoms with E-state index < -0.39 is 0 Å². The molecule has 6 nitrogen and oxygen atoms in total. The summed E-state index contributed by atoms with van der Waals surface area (Å²) in [6, 6.07) is 13.8. The van der Waals surface area contributed by atoms with Gasteiger partial charge in [-0.3, -0.25) is 9.78 Å². The Morgan fingerprint density at radius 3 is 3.03 bits per heavy atom. The van der Waals surface area contributed by atoms with Crippen molar-refractivity contribution in [2.75, 3.05) is 19.7 Å². The fourth-order valence-electron chi connectivity index (χ4n) is 3.82. The first-order chi connectivity index (χ1) is 14.8.